The van der Waals surface area contributed by atoms with Gasteiger partial charge in [0.1, 0.15) is 6.04 Å². The molecule has 1 aliphatic carbocycles. The van der Waals surface area contributed by atoms with Crippen molar-refractivity contribution in [1.29, 1.82) is 0 Å². The van der Waals surface area contributed by atoms with E-state index in [9.17, 15) is 19.5 Å². The third-order valence-electron chi connectivity index (χ3n) is 3.51. The van der Waals surface area contributed by atoms with E-state index in [-0.39, 0.29) is 31.2 Å². The van der Waals surface area contributed by atoms with E-state index >= 15 is 0 Å². The normalized spacial score (nSPS) is 34.6. The highest BCUT2D eigenvalue weighted by Crippen LogP contribution is 2.37. The van der Waals surface area contributed by atoms with Gasteiger partial charge in [-0.15, -0.1) is 0 Å². The first-order valence-corrected chi connectivity index (χ1v) is 5.92. The third-order valence-corrected chi connectivity index (χ3v) is 3.51. The van der Waals surface area contributed by atoms with Crippen LogP contribution in [0.25, 0.3) is 0 Å². The number of nitrogens with one attached hydrogen (secondary N) is 2. The van der Waals surface area contributed by atoms with Crippen LogP contribution >= 0.6 is 0 Å². The first-order chi connectivity index (χ1) is 8.39. The summed E-state index contributed by atoms with van der Waals surface area (Å²) in [7, 11) is 0. The molecule has 1 saturated heterocycles. The number of carbonyl (C=O) groups excluding carboxylic acids is 2. The van der Waals surface area contributed by atoms with Gasteiger partial charge in [0.05, 0.1) is 11.5 Å². The first-order valence-electron chi connectivity index (χ1n) is 5.92. The molecule has 2 amide bonds. The van der Waals surface area contributed by atoms with Gasteiger partial charge < -0.3 is 20.8 Å². The number of amides is 2. The average Bonchev–Trinajstić information content (AvgIpc) is 2.68. The van der Waals surface area contributed by atoms with E-state index < -0.39 is 23.5 Å². The van der Waals surface area contributed by atoms with Crippen molar-refractivity contribution in [1.82, 2.24) is 10.6 Å². The highest BCUT2D eigenvalue weighted by atomic mass is 16.4. The lowest BCUT2D eigenvalue weighted by Gasteiger charge is -2.41. The van der Waals surface area contributed by atoms with Crippen LogP contribution in [0.15, 0.2) is 0 Å². The summed E-state index contributed by atoms with van der Waals surface area (Å²) >= 11 is 0. The fourth-order valence-electron chi connectivity index (χ4n) is 2.36. The standard InChI is InChI=1S/C11H16N2O5/c14-8-2-1-7(13-8)9(15)12-5-11(18)3-6(4-11)10(16)17/h6-7,18H,1-5H2,(H,12,15)(H,13,14)(H,16,17)/t6?,7-,11?/m1/s1. The van der Waals surface area contributed by atoms with Crippen molar-refractivity contribution in [3.05, 3.63) is 0 Å². The van der Waals surface area contributed by atoms with Gasteiger partial charge in [0.15, 0.2) is 0 Å². The van der Waals surface area contributed by atoms with Crippen LogP contribution in [0.2, 0.25) is 0 Å². The van der Waals surface area contributed by atoms with Crippen LogP contribution < -0.4 is 10.6 Å². The molecule has 1 atom stereocenters. The van der Waals surface area contributed by atoms with E-state index in [4.69, 9.17) is 5.11 Å². The van der Waals surface area contributed by atoms with E-state index in [2.05, 4.69) is 10.6 Å². The zero-order chi connectivity index (χ0) is 13.3. The highest BCUT2D eigenvalue weighted by Gasteiger charge is 2.46. The van der Waals surface area contributed by atoms with Crippen molar-refractivity contribution >= 4 is 17.8 Å². The Hall–Kier alpha value is -1.63. The van der Waals surface area contributed by atoms with Gasteiger partial charge in [-0.25, -0.2) is 0 Å². The van der Waals surface area contributed by atoms with Crippen LogP contribution in [0.4, 0.5) is 0 Å². The predicted molar refractivity (Wildman–Crippen MR) is 59.5 cm³/mol. The molecule has 0 bridgehead atoms. The number of aliphatic hydroxyl groups is 1. The van der Waals surface area contributed by atoms with Gasteiger partial charge in [-0.2, -0.15) is 0 Å². The van der Waals surface area contributed by atoms with Crippen molar-refractivity contribution in [3.8, 4) is 0 Å². The molecule has 0 radical (unpaired) electrons. The highest BCUT2D eigenvalue weighted by molar-refractivity contribution is 5.90. The van der Waals surface area contributed by atoms with E-state index in [1.54, 1.807) is 0 Å². The molecule has 0 aromatic carbocycles. The number of rotatable bonds is 4. The molecule has 7 heteroatoms. The fraction of sp³-hybridized carbons (Fsp3) is 0.727. The monoisotopic (exact) mass is 256 g/mol. The third kappa shape index (κ3) is 2.61. The van der Waals surface area contributed by atoms with Gasteiger partial charge >= 0.3 is 5.97 Å². The molecule has 100 valence electrons. The minimum absolute atomic E-state index is 0.0297. The SMILES string of the molecule is O=C1CC[C@H](C(=O)NCC2(O)CC(C(=O)O)C2)N1. The summed E-state index contributed by atoms with van der Waals surface area (Å²) in [5, 5.41) is 23.7. The van der Waals surface area contributed by atoms with E-state index in [0.717, 1.165) is 0 Å². The molecule has 1 saturated carbocycles. The Morgan fingerprint density at radius 3 is 2.61 bits per heavy atom. The summed E-state index contributed by atoms with van der Waals surface area (Å²) in [5.41, 5.74) is -1.12. The Kier molecular flexibility index (Phi) is 3.25. The lowest BCUT2D eigenvalue weighted by molar-refractivity contribution is -0.158. The number of carbonyl (C=O) groups is 3. The smallest absolute Gasteiger partial charge is 0.306 e. The van der Waals surface area contributed by atoms with E-state index in [0.29, 0.717) is 12.8 Å². The number of carboxylic acids is 1. The first kappa shape index (κ1) is 12.8. The Labute approximate surface area is 104 Å². The average molecular weight is 256 g/mol. The Morgan fingerprint density at radius 2 is 2.11 bits per heavy atom. The second kappa shape index (κ2) is 4.56. The minimum atomic E-state index is -1.12. The molecule has 7 nitrogen and oxygen atoms in total. The molecule has 2 fully saturated rings. The minimum Gasteiger partial charge on any atom is -0.481 e. The fourth-order valence-corrected chi connectivity index (χ4v) is 2.36. The molecule has 0 spiro atoms. The van der Waals surface area contributed by atoms with Crippen LogP contribution in [-0.2, 0) is 14.4 Å². The van der Waals surface area contributed by atoms with Crippen LogP contribution in [0, 0.1) is 5.92 Å². The zero-order valence-corrected chi connectivity index (χ0v) is 9.81. The molecule has 0 aromatic heterocycles. The largest absolute Gasteiger partial charge is 0.481 e. The van der Waals surface area contributed by atoms with Crippen molar-refractivity contribution < 1.29 is 24.6 Å². The Balaban J connectivity index is 1.74. The maximum atomic E-state index is 11.6. The van der Waals surface area contributed by atoms with Gasteiger partial charge in [0.25, 0.3) is 0 Å². The van der Waals surface area contributed by atoms with Crippen molar-refractivity contribution in [2.75, 3.05) is 6.54 Å². The van der Waals surface area contributed by atoms with Crippen LogP contribution in [0.5, 0.6) is 0 Å². The van der Waals surface area contributed by atoms with E-state index in [1.807, 2.05) is 0 Å². The summed E-state index contributed by atoms with van der Waals surface area (Å²) in [6.07, 6.45) is 1.10. The maximum absolute atomic E-state index is 11.6. The van der Waals surface area contributed by atoms with Gasteiger partial charge in [0.2, 0.25) is 11.8 Å². The summed E-state index contributed by atoms with van der Waals surface area (Å²) in [5.74, 6) is -1.93. The molecule has 2 rings (SSSR count). The van der Waals surface area contributed by atoms with Crippen molar-refractivity contribution in [2.45, 2.75) is 37.3 Å². The second-order valence-corrected chi connectivity index (χ2v) is 5.04. The van der Waals surface area contributed by atoms with Gasteiger partial charge in [-0.1, -0.05) is 0 Å². The van der Waals surface area contributed by atoms with Gasteiger partial charge in [0, 0.05) is 13.0 Å². The number of hydrogen-bond donors (Lipinski definition) is 4. The summed E-state index contributed by atoms with van der Waals surface area (Å²) in [6.45, 7) is 0.0297. The molecule has 2 aliphatic rings. The zero-order valence-electron chi connectivity index (χ0n) is 9.81. The number of hydrogen-bond acceptors (Lipinski definition) is 4. The molecular weight excluding hydrogens is 240 g/mol. The molecule has 0 aromatic rings. The Morgan fingerprint density at radius 1 is 1.44 bits per heavy atom. The summed E-state index contributed by atoms with van der Waals surface area (Å²) in [4.78, 5) is 33.2. The lowest BCUT2D eigenvalue weighted by atomic mass is 9.71. The van der Waals surface area contributed by atoms with E-state index in [1.165, 1.54) is 0 Å². The quantitative estimate of drug-likeness (QED) is 0.494. The molecule has 0 unspecified atom stereocenters. The van der Waals surface area contributed by atoms with Gasteiger partial charge in [-0.3, -0.25) is 14.4 Å². The van der Waals surface area contributed by atoms with Crippen molar-refractivity contribution in [3.63, 3.8) is 0 Å². The second-order valence-electron chi connectivity index (χ2n) is 5.04. The van der Waals surface area contributed by atoms with Crippen LogP contribution in [-0.4, -0.2) is 46.2 Å². The lowest BCUT2D eigenvalue weighted by Crippen LogP contribution is -2.55. The molecule has 18 heavy (non-hydrogen) atoms. The van der Waals surface area contributed by atoms with Crippen LogP contribution in [0.3, 0.4) is 0 Å². The Bertz CT molecular complexity index is 389. The topological polar surface area (TPSA) is 116 Å². The van der Waals surface area contributed by atoms with Gasteiger partial charge in [-0.05, 0) is 19.3 Å². The summed E-state index contributed by atoms with van der Waals surface area (Å²) < 4.78 is 0. The van der Waals surface area contributed by atoms with Crippen LogP contribution in [0.1, 0.15) is 25.7 Å². The van der Waals surface area contributed by atoms with Crippen molar-refractivity contribution in [2.24, 2.45) is 5.92 Å². The number of aliphatic carboxylic acids is 1. The number of carboxylic acid groups (broad SMARTS) is 1. The molecule has 1 aliphatic heterocycles. The summed E-state index contributed by atoms with van der Waals surface area (Å²) in [6, 6.07) is -0.531. The molecular formula is C11H16N2O5. The molecule has 4 N–H and O–H groups in total. The molecule has 1 heterocycles. The predicted octanol–water partition coefficient (Wildman–Crippen LogP) is -1.39. The maximum Gasteiger partial charge on any atom is 0.306 e.